The average Bonchev–Trinajstić information content (AvgIpc) is 2.55. The van der Waals surface area contributed by atoms with Crippen molar-refractivity contribution in [3.63, 3.8) is 0 Å². The van der Waals surface area contributed by atoms with Crippen LogP contribution >= 0.6 is 0 Å². The van der Waals surface area contributed by atoms with Gasteiger partial charge in [-0.1, -0.05) is 0 Å². The van der Waals surface area contributed by atoms with Gasteiger partial charge in [0.1, 0.15) is 0 Å². The number of carbonyl (C=O) groups excluding carboxylic acids is 3. The van der Waals surface area contributed by atoms with Crippen LogP contribution in [0, 0.1) is 5.92 Å². The zero-order valence-electron chi connectivity index (χ0n) is 15.7. The molecular formula is C16H34N6O3. The van der Waals surface area contributed by atoms with Crippen LogP contribution in [-0.2, 0) is 14.4 Å². The fraction of sp³-hybridized carbons (Fsp3) is 0.812. The van der Waals surface area contributed by atoms with Crippen LogP contribution in [0.5, 0.6) is 0 Å². The van der Waals surface area contributed by atoms with E-state index in [0.717, 1.165) is 19.3 Å². The van der Waals surface area contributed by atoms with E-state index in [4.69, 9.17) is 0 Å². The third-order valence-corrected chi connectivity index (χ3v) is 3.64. The van der Waals surface area contributed by atoms with Crippen molar-refractivity contribution in [3.8, 4) is 0 Å². The fourth-order valence-electron chi connectivity index (χ4n) is 2.35. The average molecular weight is 358 g/mol. The van der Waals surface area contributed by atoms with Gasteiger partial charge in [-0.2, -0.15) is 0 Å². The SMILES string of the molecule is CNCC(=O)NCCC(CCNC(=O)CNC)CCNC(=O)CNC. The number of likely N-dealkylation sites (N-methyl/N-ethyl adjacent to an activating group) is 3. The van der Waals surface area contributed by atoms with Crippen LogP contribution in [0.25, 0.3) is 0 Å². The van der Waals surface area contributed by atoms with Gasteiger partial charge in [0.2, 0.25) is 17.7 Å². The Kier molecular flexibility index (Phi) is 14.7. The maximum atomic E-state index is 11.5. The summed E-state index contributed by atoms with van der Waals surface area (Å²) in [5.74, 6) is 0.197. The largest absolute Gasteiger partial charge is 0.355 e. The number of hydrogen-bond donors (Lipinski definition) is 6. The molecule has 6 N–H and O–H groups in total. The van der Waals surface area contributed by atoms with Crippen molar-refractivity contribution in [1.29, 1.82) is 0 Å². The van der Waals surface area contributed by atoms with Gasteiger partial charge in [0.05, 0.1) is 19.6 Å². The summed E-state index contributed by atoms with van der Waals surface area (Å²) in [5, 5.41) is 17.0. The van der Waals surface area contributed by atoms with Gasteiger partial charge < -0.3 is 31.9 Å². The van der Waals surface area contributed by atoms with Gasteiger partial charge in [-0.15, -0.1) is 0 Å². The Balaban J connectivity index is 4.17. The number of hydrogen-bond acceptors (Lipinski definition) is 6. The number of amides is 3. The van der Waals surface area contributed by atoms with Gasteiger partial charge in [-0.25, -0.2) is 0 Å². The number of carbonyl (C=O) groups is 3. The highest BCUT2D eigenvalue weighted by atomic mass is 16.2. The molecule has 0 atom stereocenters. The molecule has 0 aromatic rings. The molecule has 0 spiro atoms. The highest BCUT2D eigenvalue weighted by Gasteiger charge is 2.11. The van der Waals surface area contributed by atoms with Crippen LogP contribution < -0.4 is 31.9 Å². The van der Waals surface area contributed by atoms with E-state index in [9.17, 15) is 14.4 Å². The highest BCUT2D eigenvalue weighted by Crippen LogP contribution is 2.11. The molecule has 9 nitrogen and oxygen atoms in total. The molecule has 3 amide bonds. The van der Waals surface area contributed by atoms with Crippen molar-refractivity contribution >= 4 is 17.7 Å². The molecule has 0 aliphatic carbocycles. The molecule has 9 heteroatoms. The lowest BCUT2D eigenvalue weighted by Gasteiger charge is -2.18. The molecule has 0 bridgehead atoms. The summed E-state index contributed by atoms with van der Waals surface area (Å²) in [4.78, 5) is 34.4. The highest BCUT2D eigenvalue weighted by molar-refractivity contribution is 5.78. The summed E-state index contributed by atoms with van der Waals surface area (Å²) >= 11 is 0. The molecule has 0 aromatic carbocycles. The van der Waals surface area contributed by atoms with Crippen molar-refractivity contribution in [2.24, 2.45) is 5.92 Å². The summed E-state index contributed by atoms with van der Waals surface area (Å²) < 4.78 is 0. The third-order valence-electron chi connectivity index (χ3n) is 3.64. The monoisotopic (exact) mass is 358 g/mol. The van der Waals surface area contributed by atoms with E-state index in [1.807, 2.05) is 0 Å². The molecular weight excluding hydrogens is 324 g/mol. The molecule has 0 radical (unpaired) electrons. The molecule has 0 fully saturated rings. The van der Waals surface area contributed by atoms with E-state index in [0.29, 0.717) is 45.2 Å². The quantitative estimate of drug-likeness (QED) is 0.197. The van der Waals surface area contributed by atoms with E-state index in [-0.39, 0.29) is 17.7 Å². The van der Waals surface area contributed by atoms with Gasteiger partial charge in [0, 0.05) is 19.6 Å². The molecule has 0 saturated carbocycles. The Morgan fingerprint density at radius 2 is 0.880 bits per heavy atom. The van der Waals surface area contributed by atoms with Crippen LogP contribution in [0.3, 0.4) is 0 Å². The first kappa shape index (κ1) is 23.3. The normalized spacial score (nSPS) is 10.6. The Labute approximate surface area is 150 Å². The van der Waals surface area contributed by atoms with E-state index < -0.39 is 0 Å². The molecule has 0 saturated heterocycles. The summed E-state index contributed by atoms with van der Waals surface area (Å²) in [5.41, 5.74) is 0. The van der Waals surface area contributed by atoms with E-state index in [1.165, 1.54) is 0 Å². The van der Waals surface area contributed by atoms with Crippen molar-refractivity contribution in [2.45, 2.75) is 19.3 Å². The minimum Gasteiger partial charge on any atom is -0.355 e. The van der Waals surface area contributed by atoms with Crippen LogP contribution in [0.1, 0.15) is 19.3 Å². The predicted octanol–water partition coefficient (Wildman–Crippen LogP) is -2.22. The van der Waals surface area contributed by atoms with Gasteiger partial charge in [0.25, 0.3) is 0 Å². The van der Waals surface area contributed by atoms with Crippen LogP contribution in [-0.4, -0.2) is 78.1 Å². The van der Waals surface area contributed by atoms with E-state index >= 15 is 0 Å². The Hall–Kier alpha value is -1.71. The number of rotatable bonds is 15. The maximum Gasteiger partial charge on any atom is 0.233 e. The zero-order chi connectivity index (χ0) is 18.9. The molecule has 0 aliphatic rings. The fourth-order valence-corrected chi connectivity index (χ4v) is 2.35. The zero-order valence-corrected chi connectivity index (χ0v) is 15.7. The second kappa shape index (κ2) is 15.8. The molecule has 0 aliphatic heterocycles. The predicted molar refractivity (Wildman–Crippen MR) is 98.2 cm³/mol. The number of nitrogens with one attached hydrogen (secondary N) is 6. The lowest BCUT2D eigenvalue weighted by molar-refractivity contribution is -0.120. The minimum atomic E-state index is -0.0362. The Bertz CT molecular complexity index is 335. The van der Waals surface area contributed by atoms with Crippen molar-refractivity contribution in [2.75, 3.05) is 60.4 Å². The lowest BCUT2D eigenvalue weighted by atomic mass is 9.97. The summed E-state index contributed by atoms with van der Waals surface area (Å²) in [6.45, 7) is 2.64. The first-order valence-corrected chi connectivity index (χ1v) is 8.77. The standard InChI is InChI=1S/C16H34N6O3/c1-17-10-14(23)20-7-4-13(5-8-21-15(24)11-18-2)6-9-22-16(25)12-19-3/h13,17-19H,4-12H2,1-3H3,(H,20,23)(H,21,24)(H,22,25). The topological polar surface area (TPSA) is 123 Å². The first-order chi connectivity index (χ1) is 12.0. The molecule has 0 rings (SSSR count). The minimum absolute atomic E-state index is 0.0362. The van der Waals surface area contributed by atoms with Gasteiger partial charge >= 0.3 is 0 Å². The Morgan fingerprint density at radius 3 is 1.12 bits per heavy atom. The second-order valence-electron chi connectivity index (χ2n) is 5.87. The van der Waals surface area contributed by atoms with Crippen molar-refractivity contribution < 1.29 is 14.4 Å². The molecule has 0 heterocycles. The molecule has 146 valence electrons. The third kappa shape index (κ3) is 14.3. The van der Waals surface area contributed by atoms with Gasteiger partial charge in [-0.3, -0.25) is 14.4 Å². The molecule has 25 heavy (non-hydrogen) atoms. The lowest BCUT2D eigenvalue weighted by Crippen LogP contribution is -2.36. The van der Waals surface area contributed by atoms with Crippen molar-refractivity contribution in [3.05, 3.63) is 0 Å². The van der Waals surface area contributed by atoms with E-state index in [1.54, 1.807) is 21.1 Å². The van der Waals surface area contributed by atoms with Crippen molar-refractivity contribution in [1.82, 2.24) is 31.9 Å². The summed E-state index contributed by atoms with van der Waals surface area (Å²) in [7, 11) is 5.18. The van der Waals surface area contributed by atoms with Gasteiger partial charge in [0.15, 0.2) is 0 Å². The first-order valence-electron chi connectivity index (χ1n) is 8.77. The van der Waals surface area contributed by atoms with Crippen LogP contribution in [0.4, 0.5) is 0 Å². The van der Waals surface area contributed by atoms with Crippen LogP contribution in [0.2, 0.25) is 0 Å². The van der Waals surface area contributed by atoms with Gasteiger partial charge in [-0.05, 0) is 46.3 Å². The smallest absolute Gasteiger partial charge is 0.233 e. The summed E-state index contributed by atoms with van der Waals surface area (Å²) in [6.07, 6.45) is 2.41. The second-order valence-corrected chi connectivity index (χ2v) is 5.87. The van der Waals surface area contributed by atoms with Crippen LogP contribution in [0.15, 0.2) is 0 Å². The summed E-state index contributed by atoms with van der Waals surface area (Å²) in [6, 6.07) is 0. The van der Waals surface area contributed by atoms with E-state index in [2.05, 4.69) is 31.9 Å². The maximum absolute atomic E-state index is 11.5. The Morgan fingerprint density at radius 1 is 0.600 bits per heavy atom. The molecule has 0 aromatic heterocycles. The molecule has 0 unspecified atom stereocenters.